The minimum Gasteiger partial charge on any atom is -0.359 e. The van der Waals surface area contributed by atoms with Crippen molar-refractivity contribution in [3.05, 3.63) is 65.9 Å². The van der Waals surface area contributed by atoms with Crippen LogP contribution in [0.15, 0.2) is 53.4 Å². The molecule has 26 heavy (non-hydrogen) atoms. The van der Waals surface area contributed by atoms with Gasteiger partial charge < -0.3 is 4.52 Å². The minimum absolute atomic E-state index is 0.795. The minimum atomic E-state index is 0.795. The lowest BCUT2D eigenvalue weighted by Crippen LogP contribution is -2.45. The van der Waals surface area contributed by atoms with Gasteiger partial charge in [-0.05, 0) is 30.7 Å². The normalized spacial score (nSPS) is 16.0. The van der Waals surface area contributed by atoms with E-state index in [0.29, 0.717) is 0 Å². The first-order chi connectivity index (χ1) is 12.8. The van der Waals surface area contributed by atoms with Gasteiger partial charge in [-0.15, -0.1) is 0 Å². The molecule has 3 aromatic rings. The number of hydrogen-bond donors (Lipinski definition) is 0. The quantitative estimate of drug-likeness (QED) is 0.706. The van der Waals surface area contributed by atoms with Crippen LogP contribution in [-0.2, 0) is 13.1 Å². The number of aryl methyl sites for hydroxylation is 1. The summed E-state index contributed by atoms with van der Waals surface area (Å²) in [6.07, 6.45) is 5.44. The number of pyridine rings is 2. The molecule has 0 aliphatic carbocycles. The fraction of sp³-hybridized carbons (Fsp3) is 0.350. The van der Waals surface area contributed by atoms with Crippen LogP contribution < -0.4 is 0 Å². The maximum Gasteiger partial charge on any atom is 0.151 e. The summed E-state index contributed by atoms with van der Waals surface area (Å²) >= 11 is 0. The molecular weight excluding hydrogens is 326 g/mol. The van der Waals surface area contributed by atoms with E-state index < -0.39 is 0 Å². The van der Waals surface area contributed by atoms with Gasteiger partial charge in [0, 0.05) is 62.9 Å². The maximum atomic E-state index is 5.52. The molecule has 0 bridgehead atoms. The van der Waals surface area contributed by atoms with E-state index in [2.05, 4.69) is 37.9 Å². The van der Waals surface area contributed by atoms with Crippen molar-refractivity contribution >= 4 is 0 Å². The summed E-state index contributed by atoms with van der Waals surface area (Å²) in [6.45, 7) is 7.98. The molecule has 6 heteroatoms. The van der Waals surface area contributed by atoms with Gasteiger partial charge in [-0.25, -0.2) is 0 Å². The highest BCUT2D eigenvalue weighted by molar-refractivity contribution is 5.57. The van der Waals surface area contributed by atoms with E-state index in [1.54, 1.807) is 12.4 Å². The van der Waals surface area contributed by atoms with Crippen molar-refractivity contribution in [2.45, 2.75) is 20.0 Å². The molecule has 1 saturated heterocycles. The third kappa shape index (κ3) is 3.98. The highest BCUT2D eigenvalue weighted by atomic mass is 16.5. The van der Waals surface area contributed by atoms with Gasteiger partial charge >= 0.3 is 0 Å². The Morgan fingerprint density at radius 3 is 2.50 bits per heavy atom. The third-order valence-corrected chi connectivity index (χ3v) is 4.85. The Morgan fingerprint density at radius 2 is 1.77 bits per heavy atom. The number of hydrogen-bond acceptors (Lipinski definition) is 6. The van der Waals surface area contributed by atoms with Gasteiger partial charge in [-0.3, -0.25) is 19.8 Å². The van der Waals surface area contributed by atoms with E-state index in [4.69, 9.17) is 4.52 Å². The molecule has 6 nitrogen and oxygen atoms in total. The average Bonchev–Trinajstić information content (AvgIpc) is 3.14. The number of piperazine rings is 1. The molecule has 0 aromatic carbocycles. The van der Waals surface area contributed by atoms with Crippen LogP contribution in [0.4, 0.5) is 0 Å². The lowest BCUT2D eigenvalue weighted by molar-refractivity contribution is 0.112. The summed E-state index contributed by atoms with van der Waals surface area (Å²) in [5, 5.41) is 4.17. The number of aromatic nitrogens is 3. The van der Waals surface area contributed by atoms with Crippen LogP contribution in [-0.4, -0.2) is 51.1 Å². The molecule has 0 radical (unpaired) electrons. The Kier molecular flexibility index (Phi) is 5.04. The molecule has 1 aliphatic heterocycles. The van der Waals surface area contributed by atoms with E-state index in [1.165, 1.54) is 11.3 Å². The fourth-order valence-corrected chi connectivity index (χ4v) is 3.26. The Bertz CT molecular complexity index is 840. The van der Waals surface area contributed by atoms with Crippen LogP contribution in [0, 0.1) is 6.92 Å². The Morgan fingerprint density at radius 1 is 1.00 bits per heavy atom. The Balaban J connectivity index is 1.30. The molecule has 0 spiro atoms. The Labute approximate surface area is 153 Å². The van der Waals surface area contributed by atoms with Gasteiger partial charge in [0.2, 0.25) is 0 Å². The molecule has 4 heterocycles. The van der Waals surface area contributed by atoms with Gasteiger partial charge in [0.1, 0.15) is 5.69 Å². The SMILES string of the molecule is Cc1cccnc1CN1CCN(Cc2cc(-c3cccnc3)no2)CC1. The summed E-state index contributed by atoms with van der Waals surface area (Å²) in [5.41, 5.74) is 4.27. The van der Waals surface area contributed by atoms with Gasteiger partial charge in [0.25, 0.3) is 0 Å². The van der Waals surface area contributed by atoms with E-state index in [0.717, 1.165) is 56.3 Å². The van der Waals surface area contributed by atoms with Crippen LogP contribution in [0.5, 0.6) is 0 Å². The zero-order valence-corrected chi connectivity index (χ0v) is 15.0. The largest absolute Gasteiger partial charge is 0.359 e. The third-order valence-electron chi connectivity index (χ3n) is 4.85. The van der Waals surface area contributed by atoms with E-state index >= 15 is 0 Å². The molecule has 0 amide bonds. The summed E-state index contributed by atoms with van der Waals surface area (Å²) in [7, 11) is 0. The van der Waals surface area contributed by atoms with Crippen molar-refractivity contribution in [3.63, 3.8) is 0 Å². The summed E-state index contributed by atoms with van der Waals surface area (Å²) < 4.78 is 5.52. The monoisotopic (exact) mass is 349 g/mol. The van der Waals surface area contributed by atoms with Gasteiger partial charge in [-0.2, -0.15) is 0 Å². The van der Waals surface area contributed by atoms with Crippen LogP contribution >= 0.6 is 0 Å². The molecule has 0 atom stereocenters. The smallest absolute Gasteiger partial charge is 0.151 e. The zero-order valence-electron chi connectivity index (χ0n) is 15.0. The average molecular weight is 349 g/mol. The van der Waals surface area contributed by atoms with Crippen LogP contribution in [0.2, 0.25) is 0 Å². The molecule has 1 fully saturated rings. The number of rotatable bonds is 5. The molecule has 3 aromatic heterocycles. The topological polar surface area (TPSA) is 58.3 Å². The first kappa shape index (κ1) is 16.9. The second-order valence-corrected chi connectivity index (χ2v) is 6.74. The van der Waals surface area contributed by atoms with Crippen molar-refractivity contribution in [2.24, 2.45) is 0 Å². The first-order valence-corrected chi connectivity index (χ1v) is 8.99. The van der Waals surface area contributed by atoms with Gasteiger partial charge in [-0.1, -0.05) is 11.2 Å². The fourth-order valence-electron chi connectivity index (χ4n) is 3.26. The molecule has 0 saturated carbocycles. The molecule has 0 unspecified atom stereocenters. The van der Waals surface area contributed by atoms with Crippen molar-refractivity contribution in [3.8, 4) is 11.3 Å². The molecular formula is C20H23N5O. The van der Waals surface area contributed by atoms with Gasteiger partial charge in [0.05, 0.1) is 12.2 Å². The molecule has 134 valence electrons. The van der Waals surface area contributed by atoms with Crippen LogP contribution in [0.25, 0.3) is 11.3 Å². The standard InChI is InChI=1S/C20H23N5O/c1-16-4-2-7-22-20(16)15-25-10-8-24(9-11-25)14-18-12-19(23-26-18)17-5-3-6-21-13-17/h2-7,12-13H,8-11,14-15H2,1H3. The highest BCUT2D eigenvalue weighted by Gasteiger charge is 2.19. The van der Waals surface area contributed by atoms with Crippen molar-refractivity contribution in [2.75, 3.05) is 26.2 Å². The predicted molar refractivity (Wildman–Crippen MR) is 99.3 cm³/mol. The van der Waals surface area contributed by atoms with E-state index in [1.807, 2.05) is 30.5 Å². The van der Waals surface area contributed by atoms with Crippen LogP contribution in [0.3, 0.4) is 0 Å². The summed E-state index contributed by atoms with van der Waals surface area (Å²) in [4.78, 5) is 13.5. The van der Waals surface area contributed by atoms with E-state index in [9.17, 15) is 0 Å². The number of nitrogens with zero attached hydrogens (tertiary/aromatic N) is 5. The second kappa shape index (κ2) is 7.76. The Hall–Kier alpha value is -2.57. The molecule has 0 N–H and O–H groups in total. The lowest BCUT2D eigenvalue weighted by atomic mass is 10.2. The van der Waals surface area contributed by atoms with Crippen molar-refractivity contribution in [1.82, 2.24) is 24.9 Å². The lowest BCUT2D eigenvalue weighted by Gasteiger charge is -2.34. The predicted octanol–water partition coefficient (Wildman–Crippen LogP) is 2.76. The first-order valence-electron chi connectivity index (χ1n) is 8.99. The highest BCUT2D eigenvalue weighted by Crippen LogP contribution is 2.19. The van der Waals surface area contributed by atoms with Crippen molar-refractivity contribution in [1.29, 1.82) is 0 Å². The van der Waals surface area contributed by atoms with E-state index in [-0.39, 0.29) is 0 Å². The van der Waals surface area contributed by atoms with Crippen LogP contribution in [0.1, 0.15) is 17.0 Å². The second-order valence-electron chi connectivity index (χ2n) is 6.74. The maximum absolute atomic E-state index is 5.52. The van der Waals surface area contributed by atoms with Gasteiger partial charge in [0.15, 0.2) is 5.76 Å². The zero-order chi connectivity index (χ0) is 17.8. The molecule has 1 aliphatic rings. The summed E-state index contributed by atoms with van der Waals surface area (Å²) in [5.74, 6) is 0.901. The molecule has 4 rings (SSSR count). The summed E-state index contributed by atoms with van der Waals surface area (Å²) in [6, 6.07) is 10.0. The van der Waals surface area contributed by atoms with Crippen molar-refractivity contribution < 1.29 is 4.52 Å².